The van der Waals surface area contributed by atoms with Gasteiger partial charge in [-0.25, -0.2) is 5.43 Å². The third-order valence-corrected chi connectivity index (χ3v) is 2.73. The first kappa shape index (κ1) is 15.5. The Hall–Kier alpha value is -2.87. The second-order valence-electron chi connectivity index (χ2n) is 4.08. The number of hydrogen-bond acceptors (Lipinski definition) is 5. The fourth-order valence-corrected chi connectivity index (χ4v) is 1.70. The van der Waals surface area contributed by atoms with Gasteiger partial charge in [-0.2, -0.15) is 5.10 Å². The summed E-state index contributed by atoms with van der Waals surface area (Å²) in [6.45, 7) is -0.412. The zero-order chi connectivity index (χ0) is 15.9. The van der Waals surface area contributed by atoms with Crippen LogP contribution >= 0.6 is 11.6 Å². The predicted molar refractivity (Wildman–Crippen MR) is 80.1 cm³/mol. The Bertz CT molecular complexity index is 700. The number of nitrogens with zero attached hydrogens (tertiary/aromatic N) is 2. The van der Waals surface area contributed by atoms with Gasteiger partial charge < -0.3 is 9.72 Å². The third kappa shape index (κ3) is 4.32. The van der Waals surface area contributed by atoms with E-state index in [1.165, 1.54) is 18.3 Å². The highest BCUT2D eigenvalue weighted by Crippen LogP contribution is 2.29. The number of aromatic nitrogens is 1. The topological polar surface area (TPSA) is 110 Å². The monoisotopic (exact) mass is 322 g/mol. The number of nitro groups is 1. The molecule has 2 aromatic rings. The first-order valence-corrected chi connectivity index (χ1v) is 6.46. The first-order chi connectivity index (χ1) is 10.6. The molecule has 0 fully saturated rings. The summed E-state index contributed by atoms with van der Waals surface area (Å²) in [5.74, 6) is -0.593. The van der Waals surface area contributed by atoms with Gasteiger partial charge in [0.25, 0.3) is 5.91 Å². The maximum absolute atomic E-state index is 11.5. The molecule has 1 amide bonds. The number of carbonyl (C=O) groups is 1. The van der Waals surface area contributed by atoms with E-state index in [4.69, 9.17) is 16.3 Å². The summed E-state index contributed by atoms with van der Waals surface area (Å²) in [4.78, 5) is 24.6. The zero-order valence-corrected chi connectivity index (χ0v) is 11.9. The minimum atomic E-state index is -0.636. The van der Waals surface area contributed by atoms with Crippen LogP contribution in [0.5, 0.6) is 5.75 Å². The molecule has 2 rings (SSSR count). The van der Waals surface area contributed by atoms with Gasteiger partial charge in [-0.3, -0.25) is 14.9 Å². The van der Waals surface area contributed by atoms with Crippen LogP contribution in [0.15, 0.2) is 41.6 Å². The number of carbonyl (C=O) groups excluding carboxylic acids is 1. The van der Waals surface area contributed by atoms with Crippen molar-refractivity contribution in [3.63, 3.8) is 0 Å². The Labute approximate surface area is 129 Å². The summed E-state index contributed by atoms with van der Waals surface area (Å²) in [7, 11) is 0. The smallest absolute Gasteiger partial charge is 0.312 e. The van der Waals surface area contributed by atoms with Crippen molar-refractivity contribution in [2.75, 3.05) is 6.61 Å². The highest BCUT2D eigenvalue weighted by Gasteiger charge is 2.16. The molecule has 0 unspecified atom stereocenters. The quantitative estimate of drug-likeness (QED) is 0.482. The van der Waals surface area contributed by atoms with Crippen LogP contribution in [-0.4, -0.2) is 28.6 Å². The maximum Gasteiger partial charge on any atom is 0.312 e. The molecule has 0 aliphatic heterocycles. The van der Waals surface area contributed by atoms with Crippen molar-refractivity contribution in [2.24, 2.45) is 5.10 Å². The maximum atomic E-state index is 11.5. The SMILES string of the molecule is O=C(COc1ccc(Cl)cc1[N+](=O)[O-])N/N=C/c1ccc[nH]1. The molecule has 0 radical (unpaired) electrons. The summed E-state index contributed by atoms with van der Waals surface area (Å²) < 4.78 is 5.11. The molecule has 1 aromatic carbocycles. The lowest BCUT2D eigenvalue weighted by molar-refractivity contribution is -0.385. The fourth-order valence-electron chi connectivity index (χ4n) is 1.53. The lowest BCUT2D eigenvalue weighted by Gasteiger charge is -2.05. The molecule has 0 spiro atoms. The summed E-state index contributed by atoms with van der Waals surface area (Å²) in [5, 5.41) is 14.8. The summed E-state index contributed by atoms with van der Waals surface area (Å²) >= 11 is 5.68. The highest BCUT2D eigenvalue weighted by atomic mass is 35.5. The number of halogens is 1. The number of benzene rings is 1. The minimum Gasteiger partial charge on any atom is -0.477 e. The van der Waals surface area contributed by atoms with Crippen LogP contribution in [0.25, 0.3) is 0 Å². The van der Waals surface area contributed by atoms with Gasteiger partial charge in [0.15, 0.2) is 12.4 Å². The Morgan fingerprint density at radius 1 is 1.50 bits per heavy atom. The molecule has 0 atom stereocenters. The largest absolute Gasteiger partial charge is 0.477 e. The molecule has 0 saturated heterocycles. The number of ether oxygens (including phenoxy) is 1. The van der Waals surface area contributed by atoms with Gasteiger partial charge in [0.05, 0.1) is 16.8 Å². The fraction of sp³-hybridized carbons (Fsp3) is 0.0769. The second-order valence-corrected chi connectivity index (χ2v) is 4.51. The summed E-state index contributed by atoms with van der Waals surface area (Å²) in [6.07, 6.45) is 3.13. The van der Waals surface area contributed by atoms with Gasteiger partial charge in [0.2, 0.25) is 0 Å². The molecule has 0 saturated carbocycles. The lowest BCUT2D eigenvalue weighted by Crippen LogP contribution is -2.24. The van der Waals surface area contributed by atoms with Gasteiger partial charge in [-0.15, -0.1) is 0 Å². The zero-order valence-electron chi connectivity index (χ0n) is 11.2. The first-order valence-electron chi connectivity index (χ1n) is 6.08. The van der Waals surface area contributed by atoms with Crippen molar-refractivity contribution in [3.8, 4) is 5.75 Å². The lowest BCUT2D eigenvalue weighted by atomic mass is 10.3. The minimum absolute atomic E-state index is 0.0436. The van der Waals surface area contributed by atoms with Gasteiger partial charge in [0, 0.05) is 17.3 Å². The predicted octanol–water partition coefficient (Wildman–Crippen LogP) is 2.11. The number of amides is 1. The van der Waals surface area contributed by atoms with Gasteiger partial charge in [-0.1, -0.05) is 11.6 Å². The number of nitro benzene ring substituents is 1. The average molecular weight is 323 g/mol. The van der Waals surface area contributed by atoms with Crippen molar-refractivity contribution in [1.82, 2.24) is 10.4 Å². The van der Waals surface area contributed by atoms with Crippen LogP contribution in [0, 0.1) is 10.1 Å². The van der Waals surface area contributed by atoms with Crippen molar-refractivity contribution in [2.45, 2.75) is 0 Å². The normalized spacial score (nSPS) is 10.6. The summed E-state index contributed by atoms with van der Waals surface area (Å²) in [6, 6.07) is 7.47. The second kappa shape index (κ2) is 7.23. The van der Waals surface area contributed by atoms with E-state index in [1.54, 1.807) is 18.3 Å². The van der Waals surface area contributed by atoms with Crippen LogP contribution in [0.2, 0.25) is 5.02 Å². The summed E-state index contributed by atoms with van der Waals surface area (Å²) in [5.41, 5.74) is 2.65. The van der Waals surface area contributed by atoms with E-state index in [2.05, 4.69) is 15.5 Å². The van der Waals surface area contributed by atoms with Gasteiger partial charge in [-0.05, 0) is 24.3 Å². The van der Waals surface area contributed by atoms with Crippen molar-refractivity contribution >= 4 is 29.4 Å². The van der Waals surface area contributed by atoms with Crippen LogP contribution in [0.1, 0.15) is 5.69 Å². The average Bonchev–Trinajstić information content (AvgIpc) is 2.99. The Balaban J connectivity index is 1.90. The molecule has 8 nitrogen and oxygen atoms in total. The van der Waals surface area contributed by atoms with Crippen LogP contribution in [-0.2, 0) is 4.79 Å². The van der Waals surface area contributed by atoms with E-state index >= 15 is 0 Å². The molecule has 1 heterocycles. The van der Waals surface area contributed by atoms with Crippen LogP contribution in [0.4, 0.5) is 5.69 Å². The standard InChI is InChI=1S/C13H11ClN4O4/c14-9-3-4-12(11(6-9)18(20)21)22-8-13(19)17-16-7-10-2-1-5-15-10/h1-7,15H,8H2,(H,17,19)/b16-7+. The number of nitrogens with one attached hydrogen (secondary N) is 2. The van der Waals surface area contributed by atoms with Crippen LogP contribution in [0.3, 0.4) is 0 Å². The van der Waals surface area contributed by atoms with Gasteiger partial charge >= 0.3 is 5.69 Å². The molecular formula is C13H11ClN4O4. The molecule has 2 N–H and O–H groups in total. The molecule has 0 aliphatic carbocycles. The van der Waals surface area contributed by atoms with E-state index < -0.39 is 17.4 Å². The molecule has 1 aromatic heterocycles. The van der Waals surface area contributed by atoms with Gasteiger partial charge in [0.1, 0.15) is 0 Å². The number of H-pyrrole nitrogens is 1. The third-order valence-electron chi connectivity index (χ3n) is 2.49. The number of aromatic amines is 1. The highest BCUT2D eigenvalue weighted by molar-refractivity contribution is 6.30. The van der Waals surface area contributed by atoms with E-state index in [9.17, 15) is 14.9 Å². The number of rotatable bonds is 6. The van der Waals surface area contributed by atoms with E-state index in [0.717, 1.165) is 11.8 Å². The van der Waals surface area contributed by atoms with Crippen LogP contribution < -0.4 is 10.2 Å². The van der Waals surface area contributed by atoms with Crippen molar-refractivity contribution in [3.05, 3.63) is 57.4 Å². The molecule has 0 aliphatic rings. The molecule has 0 bridgehead atoms. The Morgan fingerprint density at radius 2 is 2.32 bits per heavy atom. The Morgan fingerprint density at radius 3 is 3.00 bits per heavy atom. The van der Waals surface area contributed by atoms with E-state index in [1.807, 2.05) is 0 Å². The molecule has 9 heteroatoms. The molecule has 114 valence electrons. The van der Waals surface area contributed by atoms with E-state index in [0.29, 0.717) is 0 Å². The number of hydrogen-bond donors (Lipinski definition) is 2. The van der Waals surface area contributed by atoms with E-state index in [-0.39, 0.29) is 16.5 Å². The molecule has 22 heavy (non-hydrogen) atoms. The van der Waals surface area contributed by atoms with Crippen molar-refractivity contribution < 1.29 is 14.5 Å². The number of hydrazone groups is 1. The Kier molecular flexibility index (Phi) is 5.10. The van der Waals surface area contributed by atoms with Crippen molar-refractivity contribution in [1.29, 1.82) is 0 Å². The molecular weight excluding hydrogens is 312 g/mol.